The maximum absolute atomic E-state index is 10.5. The van der Waals surface area contributed by atoms with Crippen LogP contribution in [0.15, 0.2) is 0 Å². The van der Waals surface area contributed by atoms with Crippen molar-refractivity contribution in [3.8, 4) is 0 Å². The van der Waals surface area contributed by atoms with Gasteiger partial charge in [-0.3, -0.25) is 10.1 Å². The van der Waals surface area contributed by atoms with Crippen LogP contribution < -0.4 is 10.6 Å². The SMILES string of the molecule is O=C1CC[N]CC[N]1. The second-order valence-electron chi connectivity index (χ2n) is 1.70. The monoisotopic (exact) mass is 112 g/mol. The molecule has 1 heterocycles. The third-order valence-corrected chi connectivity index (χ3v) is 1.03. The Labute approximate surface area is 48.5 Å². The second-order valence-corrected chi connectivity index (χ2v) is 1.70. The lowest BCUT2D eigenvalue weighted by molar-refractivity contribution is -0.120. The van der Waals surface area contributed by atoms with Crippen LogP contribution in [0.3, 0.4) is 0 Å². The molecule has 1 aliphatic rings. The summed E-state index contributed by atoms with van der Waals surface area (Å²) in [6.07, 6.45) is 0.514. The van der Waals surface area contributed by atoms with Crippen LogP contribution in [0.5, 0.6) is 0 Å². The lowest BCUT2D eigenvalue weighted by Crippen LogP contribution is -2.15. The first-order chi connectivity index (χ1) is 3.89. The molecule has 0 aromatic rings. The van der Waals surface area contributed by atoms with Gasteiger partial charge < -0.3 is 0 Å². The van der Waals surface area contributed by atoms with Gasteiger partial charge in [-0.25, -0.2) is 5.32 Å². The van der Waals surface area contributed by atoms with E-state index in [9.17, 15) is 4.79 Å². The first-order valence-electron chi connectivity index (χ1n) is 2.73. The van der Waals surface area contributed by atoms with Gasteiger partial charge in [0.05, 0.1) is 6.54 Å². The summed E-state index contributed by atoms with van der Waals surface area (Å²) in [7, 11) is 0. The highest BCUT2D eigenvalue weighted by molar-refractivity contribution is 5.75. The van der Waals surface area contributed by atoms with E-state index in [1.54, 1.807) is 0 Å². The van der Waals surface area contributed by atoms with Crippen molar-refractivity contribution in [3.05, 3.63) is 0 Å². The Bertz CT molecular complexity index is 82.4. The Balaban J connectivity index is 2.27. The van der Waals surface area contributed by atoms with Crippen molar-refractivity contribution >= 4 is 5.91 Å². The average molecular weight is 112 g/mol. The van der Waals surface area contributed by atoms with Crippen molar-refractivity contribution < 1.29 is 4.79 Å². The topological polar surface area (TPSA) is 45.3 Å². The van der Waals surface area contributed by atoms with Gasteiger partial charge in [0.15, 0.2) is 0 Å². The lowest BCUT2D eigenvalue weighted by atomic mass is 10.4. The molecule has 1 aliphatic heterocycles. The van der Waals surface area contributed by atoms with E-state index in [-0.39, 0.29) is 5.91 Å². The van der Waals surface area contributed by atoms with Crippen molar-refractivity contribution in [2.24, 2.45) is 0 Å². The number of hydrogen-bond acceptors (Lipinski definition) is 1. The average Bonchev–Trinajstić information content (AvgIpc) is 1.94. The molecule has 1 saturated heterocycles. The number of amides is 1. The number of carbonyl (C=O) groups is 1. The van der Waals surface area contributed by atoms with Crippen LogP contribution in [-0.4, -0.2) is 25.5 Å². The summed E-state index contributed by atoms with van der Waals surface area (Å²) < 4.78 is 0. The predicted molar refractivity (Wildman–Crippen MR) is 28.5 cm³/mol. The molecule has 0 atom stereocenters. The normalized spacial score (nSPS) is 21.8. The van der Waals surface area contributed by atoms with Crippen LogP contribution in [-0.2, 0) is 4.79 Å². The molecule has 0 saturated carbocycles. The Morgan fingerprint density at radius 2 is 2.12 bits per heavy atom. The fourth-order valence-electron chi connectivity index (χ4n) is 0.611. The lowest BCUT2D eigenvalue weighted by Gasteiger charge is -1.88. The Morgan fingerprint density at radius 1 is 1.25 bits per heavy atom. The maximum Gasteiger partial charge on any atom is 0.242 e. The van der Waals surface area contributed by atoms with Gasteiger partial charge in [0, 0.05) is 19.5 Å². The molecule has 3 nitrogen and oxygen atoms in total. The van der Waals surface area contributed by atoms with E-state index in [0.29, 0.717) is 19.5 Å². The van der Waals surface area contributed by atoms with Gasteiger partial charge in [-0.15, -0.1) is 0 Å². The van der Waals surface area contributed by atoms with Gasteiger partial charge in [-0.2, -0.15) is 0 Å². The molecule has 0 aromatic heterocycles. The van der Waals surface area contributed by atoms with E-state index >= 15 is 0 Å². The Morgan fingerprint density at radius 3 is 3.00 bits per heavy atom. The molecule has 1 rings (SSSR count). The summed E-state index contributed by atoms with van der Waals surface area (Å²) in [5.74, 6) is 0.00579. The van der Waals surface area contributed by atoms with Gasteiger partial charge in [0.2, 0.25) is 5.91 Å². The van der Waals surface area contributed by atoms with Crippen molar-refractivity contribution in [2.45, 2.75) is 6.42 Å². The van der Waals surface area contributed by atoms with Crippen LogP contribution in [0.1, 0.15) is 6.42 Å². The summed E-state index contributed by atoms with van der Waals surface area (Å²) >= 11 is 0. The number of rotatable bonds is 0. The first kappa shape index (κ1) is 5.56. The maximum atomic E-state index is 10.5. The third-order valence-electron chi connectivity index (χ3n) is 1.03. The molecule has 1 amide bonds. The molecule has 0 aromatic carbocycles. The summed E-state index contributed by atoms with van der Waals surface area (Å²) in [4.78, 5) is 10.5. The van der Waals surface area contributed by atoms with E-state index in [1.807, 2.05) is 0 Å². The van der Waals surface area contributed by atoms with E-state index in [2.05, 4.69) is 10.6 Å². The molecule has 44 valence electrons. The molecular formula is C5H8N2O. The Hall–Kier alpha value is -0.570. The summed E-state index contributed by atoms with van der Waals surface area (Å²) in [6, 6.07) is 0. The summed E-state index contributed by atoms with van der Waals surface area (Å²) in [5.41, 5.74) is 0. The van der Waals surface area contributed by atoms with E-state index in [0.717, 1.165) is 6.54 Å². The second kappa shape index (κ2) is 2.67. The van der Waals surface area contributed by atoms with E-state index in [4.69, 9.17) is 0 Å². The van der Waals surface area contributed by atoms with Gasteiger partial charge in [0.1, 0.15) is 0 Å². The van der Waals surface area contributed by atoms with Gasteiger partial charge in [0.25, 0.3) is 0 Å². The van der Waals surface area contributed by atoms with Crippen LogP contribution in [0.2, 0.25) is 0 Å². The van der Waals surface area contributed by atoms with E-state index < -0.39 is 0 Å². The molecule has 1 fully saturated rings. The molecule has 0 spiro atoms. The molecule has 3 heteroatoms. The van der Waals surface area contributed by atoms with Gasteiger partial charge >= 0.3 is 0 Å². The number of nitrogens with zero attached hydrogens (tertiary/aromatic N) is 2. The van der Waals surface area contributed by atoms with Crippen LogP contribution >= 0.6 is 0 Å². The predicted octanol–water partition coefficient (Wildman–Crippen LogP) is -0.874. The van der Waals surface area contributed by atoms with Crippen LogP contribution in [0.25, 0.3) is 0 Å². The molecule has 0 N–H and O–H groups in total. The minimum atomic E-state index is 0.00579. The molecule has 0 bridgehead atoms. The number of carbonyl (C=O) groups excluding carboxylic acids is 1. The van der Waals surface area contributed by atoms with Gasteiger partial charge in [-0.05, 0) is 0 Å². The van der Waals surface area contributed by atoms with Crippen LogP contribution in [0.4, 0.5) is 0 Å². The zero-order valence-electron chi connectivity index (χ0n) is 4.63. The minimum absolute atomic E-state index is 0.00579. The smallest absolute Gasteiger partial charge is 0.242 e. The highest BCUT2D eigenvalue weighted by atomic mass is 16.1. The van der Waals surface area contributed by atoms with Gasteiger partial charge in [-0.1, -0.05) is 0 Å². The number of hydrogen-bond donors (Lipinski definition) is 0. The largest absolute Gasteiger partial charge is 0.273 e. The fourth-order valence-corrected chi connectivity index (χ4v) is 0.611. The Kier molecular flexibility index (Phi) is 1.86. The molecule has 0 unspecified atom stereocenters. The standard InChI is InChI=1S/C5H8N2O/c8-5-1-2-6-3-4-7-5/h1-4H2. The molecule has 0 aliphatic carbocycles. The first-order valence-corrected chi connectivity index (χ1v) is 2.73. The highest BCUT2D eigenvalue weighted by Gasteiger charge is 2.05. The quantitative estimate of drug-likeness (QED) is 0.401. The highest BCUT2D eigenvalue weighted by Crippen LogP contribution is 1.83. The summed E-state index contributed by atoms with van der Waals surface area (Å²) in [5, 5.41) is 7.70. The summed E-state index contributed by atoms with van der Waals surface area (Å²) in [6.45, 7) is 1.99. The molecule has 8 heavy (non-hydrogen) atoms. The zero-order chi connectivity index (χ0) is 5.82. The van der Waals surface area contributed by atoms with Crippen LogP contribution in [0, 0.1) is 0 Å². The van der Waals surface area contributed by atoms with Crippen molar-refractivity contribution in [3.63, 3.8) is 0 Å². The molecular weight excluding hydrogens is 104 g/mol. The third kappa shape index (κ3) is 1.50. The van der Waals surface area contributed by atoms with Crippen molar-refractivity contribution in [2.75, 3.05) is 19.6 Å². The van der Waals surface area contributed by atoms with E-state index in [1.165, 1.54) is 0 Å². The minimum Gasteiger partial charge on any atom is -0.273 e. The van der Waals surface area contributed by atoms with Crippen molar-refractivity contribution in [1.82, 2.24) is 10.6 Å². The van der Waals surface area contributed by atoms with Crippen molar-refractivity contribution in [1.29, 1.82) is 0 Å². The molecule has 2 radical (unpaired) electrons. The zero-order valence-corrected chi connectivity index (χ0v) is 4.63. The fraction of sp³-hybridized carbons (Fsp3) is 0.800.